The lowest BCUT2D eigenvalue weighted by Gasteiger charge is -2.18. The molecule has 0 aromatic heterocycles. The number of ether oxygens (including phenoxy) is 1. The third kappa shape index (κ3) is 5.18. The topological polar surface area (TPSA) is 55.4 Å². The molecule has 0 fully saturated rings. The Morgan fingerprint density at radius 3 is 2.20 bits per heavy atom. The van der Waals surface area contributed by atoms with E-state index >= 15 is 0 Å². The van der Waals surface area contributed by atoms with Crippen molar-refractivity contribution in [1.29, 1.82) is 0 Å². The molecule has 2 rings (SSSR count). The fourth-order valence-electron chi connectivity index (χ4n) is 2.46. The molecule has 132 valence electrons. The minimum Gasteiger partial charge on any atom is -0.452 e. The summed E-state index contributed by atoms with van der Waals surface area (Å²) in [5, 5.41) is 2.76. The van der Waals surface area contributed by atoms with Crippen LogP contribution in [0.15, 0.2) is 42.5 Å². The van der Waals surface area contributed by atoms with Crippen LogP contribution in [0.1, 0.15) is 47.8 Å². The summed E-state index contributed by atoms with van der Waals surface area (Å²) in [6, 6.07) is 13.0. The average molecular weight is 339 g/mol. The highest BCUT2D eigenvalue weighted by atomic mass is 16.5. The fraction of sp³-hybridized carbons (Fsp3) is 0.333. The van der Waals surface area contributed by atoms with Crippen LogP contribution in [0.5, 0.6) is 0 Å². The predicted molar refractivity (Wildman–Crippen MR) is 100.0 cm³/mol. The van der Waals surface area contributed by atoms with Gasteiger partial charge in [-0.15, -0.1) is 0 Å². The van der Waals surface area contributed by atoms with Crippen LogP contribution in [0.25, 0.3) is 0 Å². The number of benzene rings is 2. The SMILES string of the molecule is Cc1ccc(NC(=O)COC(=O)c2ccc(C(C)(C)C)cc2)c(C)c1. The Kier molecular flexibility index (Phi) is 5.62. The Hall–Kier alpha value is -2.62. The number of rotatable bonds is 4. The van der Waals surface area contributed by atoms with E-state index in [1.165, 1.54) is 0 Å². The Labute approximate surface area is 149 Å². The molecule has 0 aliphatic heterocycles. The molecule has 0 aliphatic rings. The highest BCUT2D eigenvalue weighted by Gasteiger charge is 2.15. The highest BCUT2D eigenvalue weighted by molar-refractivity contribution is 5.95. The first-order valence-corrected chi connectivity index (χ1v) is 8.31. The molecule has 0 unspecified atom stereocenters. The third-order valence-corrected chi connectivity index (χ3v) is 3.98. The number of anilines is 1. The smallest absolute Gasteiger partial charge is 0.338 e. The van der Waals surface area contributed by atoms with Crippen molar-refractivity contribution >= 4 is 17.6 Å². The van der Waals surface area contributed by atoms with E-state index in [1.54, 1.807) is 12.1 Å². The molecule has 4 nitrogen and oxygen atoms in total. The molecule has 0 saturated carbocycles. The maximum atomic E-state index is 12.1. The summed E-state index contributed by atoms with van der Waals surface area (Å²) in [7, 11) is 0. The van der Waals surface area contributed by atoms with Crippen molar-refractivity contribution in [3.05, 3.63) is 64.7 Å². The van der Waals surface area contributed by atoms with Crippen LogP contribution in [0.3, 0.4) is 0 Å². The molecule has 0 aliphatic carbocycles. The van der Waals surface area contributed by atoms with Crippen LogP contribution in [-0.4, -0.2) is 18.5 Å². The quantitative estimate of drug-likeness (QED) is 0.840. The van der Waals surface area contributed by atoms with Crippen molar-refractivity contribution in [1.82, 2.24) is 0 Å². The van der Waals surface area contributed by atoms with Crippen molar-refractivity contribution in [2.75, 3.05) is 11.9 Å². The van der Waals surface area contributed by atoms with Gasteiger partial charge >= 0.3 is 5.97 Å². The molecule has 0 radical (unpaired) electrons. The summed E-state index contributed by atoms with van der Waals surface area (Å²) in [5.74, 6) is -0.858. The van der Waals surface area contributed by atoms with Gasteiger partial charge in [0, 0.05) is 5.69 Å². The number of carbonyl (C=O) groups excluding carboxylic acids is 2. The summed E-state index contributed by atoms with van der Waals surface area (Å²) >= 11 is 0. The fourth-order valence-corrected chi connectivity index (χ4v) is 2.46. The van der Waals surface area contributed by atoms with Gasteiger partial charge in [-0.1, -0.05) is 50.6 Å². The standard InChI is InChI=1S/C21H25NO3/c1-14-6-11-18(15(2)12-14)22-19(23)13-25-20(24)16-7-9-17(10-8-16)21(3,4)5/h6-12H,13H2,1-5H3,(H,22,23). The number of hydrogen-bond acceptors (Lipinski definition) is 3. The zero-order valence-electron chi connectivity index (χ0n) is 15.5. The zero-order chi connectivity index (χ0) is 18.6. The van der Waals surface area contributed by atoms with Gasteiger partial charge in [0.2, 0.25) is 0 Å². The predicted octanol–water partition coefficient (Wildman–Crippen LogP) is 4.40. The lowest BCUT2D eigenvalue weighted by atomic mass is 9.87. The molecule has 0 saturated heterocycles. The number of esters is 1. The second-order valence-electron chi connectivity index (χ2n) is 7.27. The Morgan fingerprint density at radius 1 is 1.00 bits per heavy atom. The Bertz CT molecular complexity index is 771. The molecule has 0 atom stereocenters. The van der Waals surface area contributed by atoms with Crippen LogP contribution < -0.4 is 5.32 Å². The van der Waals surface area contributed by atoms with Gasteiger partial charge < -0.3 is 10.1 Å². The van der Waals surface area contributed by atoms with Crippen molar-refractivity contribution in [3.8, 4) is 0 Å². The molecule has 25 heavy (non-hydrogen) atoms. The van der Waals surface area contributed by atoms with E-state index < -0.39 is 5.97 Å². The maximum absolute atomic E-state index is 12.1. The highest BCUT2D eigenvalue weighted by Crippen LogP contribution is 2.22. The van der Waals surface area contributed by atoms with Gasteiger partial charge in [0.25, 0.3) is 5.91 Å². The summed E-state index contributed by atoms with van der Waals surface area (Å²) in [6.45, 7) is 9.93. The van der Waals surface area contributed by atoms with E-state index in [-0.39, 0.29) is 17.9 Å². The normalized spacial score (nSPS) is 11.1. The van der Waals surface area contributed by atoms with E-state index in [4.69, 9.17) is 4.74 Å². The van der Waals surface area contributed by atoms with Gasteiger partial charge in [0.1, 0.15) is 0 Å². The van der Waals surface area contributed by atoms with Crippen LogP contribution in [0, 0.1) is 13.8 Å². The van der Waals surface area contributed by atoms with Gasteiger partial charge in [0.05, 0.1) is 5.56 Å². The van der Waals surface area contributed by atoms with Crippen molar-refractivity contribution < 1.29 is 14.3 Å². The zero-order valence-corrected chi connectivity index (χ0v) is 15.5. The molecule has 2 aromatic rings. The maximum Gasteiger partial charge on any atom is 0.338 e. The first kappa shape index (κ1) is 18.7. The van der Waals surface area contributed by atoms with Crippen molar-refractivity contribution in [2.45, 2.75) is 40.0 Å². The van der Waals surface area contributed by atoms with E-state index in [0.29, 0.717) is 5.56 Å². The third-order valence-electron chi connectivity index (χ3n) is 3.98. The molecule has 4 heteroatoms. The second-order valence-corrected chi connectivity index (χ2v) is 7.27. The van der Waals surface area contributed by atoms with Gasteiger partial charge in [-0.05, 0) is 48.6 Å². The molecule has 1 N–H and O–H groups in total. The second kappa shape index (κ2) is 7.51. The summed E-state index contributed by atoms with van der Waals surface area (Å²) in [4.78, 5) is 24.1. The number of nitrogens with one attached hydrogen (secondary N) is 1. The van der Waals surface area contributed by atoms with Crippen molar-refractivity contribution in [3.63, 3.8) is 0 Å². The van der Waals surface area contributed by atoms with Crippen molar-refractivity contribution in [2.24, 2.45) is 0 Å². The Morgan fingerprint density at radius 2 is 1.64 bits per heavy atom. The first-order chi connectivity index (χ1) is 11.7. The number of aryl methyl sites for hydroxylation is 2. The van der Waals surface area contributed by atoms with Gasteiger partial charge in [-0.25, -0.2) is 4.79 Å². The monoisotopic (exact) mass is 339 g/mol. The molecule has 0 spiro atoms. The number of amides is 1. The van der Waals surface area contributed by atoms with E-state index in [9.17, 15) is 9.59 Å². The lowest BCUT2D eigenvalue weighted by molar-refractivity contribution is -0.119. The van der Waals surface area contributed by atoms with E-state index in [1.807, 2.05) is 44.2 Å². The van der Waals surface area contributed by atoms with E-state index in [0.717, 1.165) is 22.4 Å². The summed E-state index contributed by atoms with van der Waals surface area (Å²) < 4.78 is 5.10. The minimum atomic E-state index is -0.503. The first-order valence-electron chi connectivity index (χ1n) is 8.31. The van der Waals surface area contributed by atoms with Crippen LogP contribution in [0.4, 0.5) is 5.69 Å². The largest absolute Gasteiger partial charge is 0.452 e. The average Bonchev–Trinajstić information content (AvgIpc) is 2.54. The summed E-state index contributed by atoms with van der Waals surface area (Å²) in [6.07, 6.45) is 0. The molecular weight excluding hydrogens is 314 g/mol. The van der Waals surface area contributed by atoms with Crippen LogP contribution in [-0.2, 0) is 14.9 Å². The molecular formula is C21H25NO3. The van der Waals surface area contributed by atoms with Gasteiger partial charge in [-0.3, -0.25) is 4.79 Å². The molecule has 0 bridgehead atoms. The van der Waals surface area contributed by atoms with Gasteiger partial charge in [-0.2, -0.15) is 0 Å². The number of carbonyl (C=O) groups is 2. The molecule has 1 amide bonds. The molecule has 2 aromatic carbocycles. The minimum absolute atomic E-state index is 0.0220. The van der Waals surface area contributed by atoms with E-state index in [2.05, 4.69) is 26.1 Å². The lowest BCUT2D eigenvalue weighted by Crippen LogP contribution is -2.21. The van der Waals surface area contributed by atoms with Crippen LogP contribution >= 0.6 is 0 Å². The number of hydrogen-bond donors (Lipinski definition) is 1. The van der Waals surface area contributed by atoms with Gasteiger partial charge in [0.15, 0.2) is 6.61 Å². The van der Waals surface area contributed by atoms with Crippen LogP contribution in [0.2, 0.25) is 0 Å². The Balaban J connectivity index is 1.92. The molecule has 0 heterocycles. The summed E-state index contributed by atoms with van der Waals surface area (Å²) in [5.41, 5.74) is 4.41.